The van der Waals surface area contributed by atoms with Crippen LogP contribution in [0.25, 0.3) is 10.9 Å². The van der Waals surface area contributed by atoms with Crippen molar-refractivity contribution in [1.82, 2.24) is 15.6 Å². The molecule has 0 fully saturated rings. The average molecular weight is 494 g/mol. The van der Waals surface area contributed by atoms with Crippen LogP contribution in [0.2, 0.25) is 5.02 Å². The molecule has 0 radical (unpaired) electrons. The van der Waals surface area contributed by atoms with Crippen molar-refractivity contribution in [2.24, 2.45) is 0 Å². The standard InChI is InChI=1S/C20H14ClF6N3O3/c21-13-7-14-10(4-11(13)8-28-18(32)33)6-15(29-14)17(31)30-16(20(25,26)27)9-2-1-3-12(5-9)19(22,23)24/h1-7,16,28-29H,8H2,(H,30,31)(H,32,33). The van der Waals surface area contributed by atoms with E-state index in [0.717, 1.165) is 12.1 Å². The van der Waals surface area contributed by atoms with Crippen molar-refractivity contribution in [1.29, 1.82) is 0 Å². The van der Waals surface area contributed by atoms with Crippen LogP contribution in [0.3, 0.4) is 0 Å². The van der Waals surface area contributed by atoms with Gasteiger partial charge in [0.25, 0.3) is 5.91 Å². The highest BCUT2D eigenvalue weighted by molar-refractivity contribution is 6.32. The highest BCUT2D eigenvalue weighted by Gasteiger charge is 2.43. The zero-order chi connectivity index (χ0) is 24.6. The minimum atomic E-state index is -5.08. The quantitative estimate of drug-likeness (QED) is 0.346. The zero-order valence-electron chi connectivity index (χ0n) is 16.2. The third-order valence-corrected chi connectivity index (χ3v) is 4.96. The molecule has 1 heterocycles. The third kappa shape index (κ3) is 5.69. The third-order valence-electron chi connectivity index (χ3n) is 4.61. The lowest BCUT2D eigenvalue weighted by Gasteiger charge is -2.22. The van der Waals surface area contributed by atoms with Crippen LogP contribution in [0.4, 0.5) is 31.1 Å². The summed E-state index contributed by atoms with van der Waals surface area (Å²) < 4.78 is 79.5. The lowest BCUT2D eigenvalue weighted by atomic mass is 10.0. The molecule has 0 aliphatic rings. The second kappa shape index (κ2) is 8.85. The van der Waals surface area contributed by atoms with E-state index < -0.39 is 41.5 Å². The summed E-state index contributed by atoms with van der Waals surface area (Å²) in [6.07, 6.45) is -11.2. The van der Waals surface area contributed by atoms with Crippen LogP contribution < -0.4 is 10.6 Å². The molecule has 0 aliphatic carbocycles. The lowest BCUT2D eigenvalue weighted by molar-refractivity contribution is -0.156. The van der Waals surface area contributed by atoms with Gasteiger partial charge in [0, 0.05) is 22.5 Å². The molecule has 176 valence electrons. The molecule has 0 saturated carbocycles. The number of aromatic amines is 1. The summed E-state index contributed by atoms with van der Waals surface area (Å²) in [4.78, 5) is 25.8. The molecule has 1 aromatic heterocycles. The summed E-state index contributed by atoms with van der Waals surface area (Å²) in [6, 6.07) is 3.92. The number of benzene rings is 2. The maximum atomic E-state index is 13.6. The average Bonchev–Trinajstić information content (AvgIpc) is 3.11. The molecule has 1 unspecified atom stereocenters. The molecular weight excluding hydrogens is 480 g/mol. The number of amides is 2. The number of carboxylic acid groups (broad SMARTS) is 1. The van der Waals surface area contributed by atoms with Crippen LogP contribution in [0.1, 0.15) is 33.2 Å². The zero-order valence-corrected chi connectivity index (χ0v) is 17.0. The van der Waals surface area contributed by atoms with Gasteiger partial charge < -0.3 is 20.7 Å². The molecule has 4 N–H and O–H groups in total. The Hall–Kier alpha value is -3.41. The van der Waals surface area contributed by atoms with E-state index in [9.17, 15) is 35.9 Å². The van der Waals surface area contributed by atoms with Crippen LogP contribution in [0.5, 0.6) is 0 Å². The van der Waals surface area contributed by atoms with Gasteiger partial charge in [0.15, 0.2) is 6.04 Å². The number of carbonyl (C=O) groups is 2. The van der Waals surface area contributed by atoms with E-state index in [-0.39, 0.29) is 22.8 Å². The van der Waals surface area contributed by atoms with Crippen molar-refractivity contribution >= 4 is 34.5 Å². The summed E-state index contributed by atoms with van der Waals surface area (Å²) in [6.45, 7) is -0.150. The smallest absolute Gasteiger partial charge is 0.416 e. The Kier molecular flexibility index (Phi) is 6.50. The van der Waals surface area contributed by atoms with E-state index in [2.05, 4.69) is 10.3 Å². The number of H-pyrrole nitrogens is 1. The minimum Gasteiger partial charge on any atom is -0.465 e. The summed E-state index contributed by atoms with van der Waals surface area (Å²) in [5.74, 6) is -1.22. The van der Waals surface area contributed by atoms with Crippen molar-refractivity contribution in [3.05, 3.63) is 69.9 Å². The fraction of sp³-hybridized carbons (Fsp3) is 0.200. The largest absolute Gasteiger partial charge is 0.465 e. The predicted molar refractivity (Wildman–Crippen MR) is 106 cm³/mol. The summed E-state index contributed by atoms with van der Waals surface area (Å²) in [5, 5.41) is 13.0. The van der Waals surface area contributed by atoms with Gasteiger partial charge in [0.2, 0.25) is 0 Å². The molecule has 0 spiro atoms. The highest BCUT2D eigenvalue weighted by Crippen LogP contribution is 2.36. The van der Waals surface area contributed by atoms with Crippen LogP contribution in [0.15, 0.2) is 42.5 Å². The summed E-state index contributed by atoms with van der Waals surface area (Å²) >= 11 is 6.06. The highest BCUT2D eigenvalue weighted by atomic mass is 35.5. The number of nitrogens with one attached hydrogen (secondary N) is 3. The number of hydrogen-bond acceptors (Lipinski definition) is 2. The van der Waals surface area contributed by atoms with E-state index in [4.69, 9.17) is 16.7 Å². The molecule has 3 rings (SSSR count). The molecule has 3 aromatic rings. The topological polar surface area (TPSA) is 94.2 Å². The first-order valence-electron chi connectivity index (χ1n) is 9.08. The number of fused-ring (bicyclic) bond motifs is 1. The van der Waals surface area contributed by atoms with E-state index in [0.29, 0.717) is 23.1 Å². The van der Waals surface area contributed by atoms with Gasteiger partial charge in [0.1, 0.15) is 5.69 Å². The Balaban J connectivity index is 1.91. The molecule has 2 aromatic carbocycles. The van der Waals surface area contributed by atoms with Gasteiger partial charge in [-0.25, -0.2) is 4.79 Å². The second-order valence-corrected chi connectivity index (χ2v) is 7.35. The monoisotopic (exact) mass is 493 g/mol. The van der Waals surface area contributed by atoms with Gasteiger partial charge in [-0.3, -0.25) is 4.79 Å². The molecule has 1 atom stereocenters. The molecule has 2 amide bonds. The van der Waals surface area contributed by atoms with Crippen molar-refractivity contribution < 1.29 is 41.0 Å². The maximum Gasteiger partial charge on any atom is 0.416 e. The first kappa shape index (κ1) is 24.2. The number of aromatic nitrogens is 1. The number of halogens is 7. The molecule has 0 bridgehead atoms. The van der Waals surface area contributed by atoms with E-state index in [1.807, 2.05) is 0 Å². The SMILES string of the molecule is O=C(O)NCc1cc2cc(C(=O)NC(c3cccc(C(F)(F)F)c3)C(F)(F)F)[nH]c2cc1Cl. The fourth-order valence-corrected chi connectivity index (χ4v) is 3.32. The van der Waals surface area contributed by atoms with Gasteiger partial charge in [-0.15, -0.1) is 0 Å². The maximum absolute atomic E-state index is 13.6. The predicted octanol–water partition coefficient (Wildman–Crippen LogP) is 5.64. The Morgan fingerprint density at radius 2 is 1.76 bits per heavy atom. The van der Waals surface area contributed by atoms with E-state index in [1.165, 1.54) is 18.2 Å². The van der Waals surface area contributed by atoms with Crippen LogP contribution in [-0.4, -0.2) is 28.3 Å². The summed E-state index contributed by atoms with van der Waals surface area (Å²) in [5.41, 5.74) is -1.73. The number of rotatable bonds is 5. The molecular formula is C20H14ClF6N3O3. The van der Waals surface area contributed by atoms with Crippen molar-refractivity contribution in [3.63, 3.8) is 0 Å². The van der Waals surface area contributed by atoms with Gasteiger partial charge in [-0.1, -0.05) is 23.7 Å². The minimum absolute atomic E-state index is 0.141. The Labute approximate surface area is 186 Å². The number of hydrogen-bond donors (Lipinski definition) is 4. The Morgan fingerprint density at radius 1 is 1.06 bits per heavy atom. The van der Waals surface area contributed by atoms with Crippen molar-refractivity contribution in [2.45, 2.75) is 24.9 Å². The normalized spacial score (nSPS) is 13.1. The molecule has 6 nitrogen and oxygen atoms in total. The van der Waals surface area contributed by atoms with Crippen molar-refractivity contribution in [2.75, 3.05) is 0 Å². The molecule has 0 aliphatic heterocycles. The van der Waals surface area contributed by atoms with Gasteiger partial charge in [0.05, 0.1) is 5.56 Å². The van der Waals surface area contributed by atoms with Crippen LogP contribution in [0, 0.1) is 0 Å². The Bertz CT molecular complexity index is 1210. The van der Waals surface area contributed by atoms with Crippen LogP contribution >= 0.6 is 11.6 Å². The summed E-state index contributed by atoms with van der Waals surface area (Å²) in [7, 11) is 0. The van der Waals surface area contributed by atoms with Gasteiger partial charge >= 0.3 is 18.4 Å². The lowest BCUT2D eigenvalue weighted by Crippen LogP contribution is -2.38. The van der Waals surface area contributed by atoms with Crippen LogP contribution in [-0.2, 0) is 12.7 Å². The first-order valence-corrected chi connectivity index (χ1v) is 9.46. The number of alkyl halides is 6. The van der Waals surface area contributed by atoms with E-state index >= 15 is 0 Å². The fourth-order valence-electron chi connectivity index (χ4n) is 3.09. The first-order chi connectivity index (χ1) is 15.3. The molecule has 0 saturated heterocycles. The second-order valence-electron chi connectivity index (χ2n) is 6.94. The molecule has 13 heteroatoms. The molecule has 33 heavy (non-hydrogen) atoms. The van der Waals surface area contributed by atoms with Gasteiger partial charge in [-0.2, -0.15) is 26.3 Å². The number of carbonyl (C=O) groups excluding carboxylic acids is 1. The van der Waals surface area contributed by atoms with Crippen molar-refractivity contribution in [3.8, 4) is 0 Å². The van der Waals surface area contributed by atoms with Gasteiger partial charge in [-0.05, 0) is 41.5 Å². The Morgan fingerprint density at radius 3 is 2.36 bits per heavy atom. The van der Waals surface area contributed by atoms with E-state index in [1.54, 1.807) is 5.32 Å².